The molecule has 0 aliphatic heterocycles. The lowest BCUT2D eigenvalue weighted by Gasteiger charge is -2.05. The van der Waals surface area contributed by atoms with Crippen LogP contribution in [0.25, 0.3) is 0 Å². The summed E-state index contributed by atoms with van der Waals surface area (Å²) in [4.78, 5) is 2.51. The molecule has 0 amide bonds. The van der Waals surface area contributed by atoms with E-state index in [1.807, 2.05) is 19.9 Å². The highest BCUT2D eigenvalue weighted by Gasteiger charge is 2.36. The van der Waals surface area contributed by atoms with Crippen molar-refractivity contribution in [2.24, 2.45) is 16.9 Å². The maximum absolute atomic E-state index is 12.0. The number of benzene rings is 1. The van der Waals surface area contributed by atoms with Gasteiger partial charge in [0.05, 0.1) is 4.90 Å². The number of hydrazone groups is 1. The predicted molar refractivity (Wildman–Crippen MR) is 76.4 cm³/mol. The Kier molecular flexibility index (Phi) is 3.75. The van der Waals surface area contributed by atoms with Gasteiger partial charge in [-0.2, -0.15) is 13.5 Å². The molecule has 2 atom stereocenters. The van der Waals surface area contributed by atoms with Crippen LogP contribution in [0.15, 0.2) is 46.9 Å². The SMILES string of the molecule is C=C[C@@H]1C[C@H]1/C(C)=N/NS(=O)(=O)c1ccc(C)cc1. The van der Waals surface area contributed by atoms with Crippen molar-refractivity contribution in [1.82, 2.24) is 4.83 Å². The minimum atomic E-state index is -3.57. The molecule has 5 heteroatoms. The number of nitrogens with one attached hydrogen (secondary N) is 1. The lowest BCUT2D eigenvalue weighted by atomic mass is 10.2. The van der Waals surface area contributed by atoms with E-state index in [1.165, 1.54) is 0 Å². The normalized spacial score (nSPS) is 22.9. The van der Waals surface area contributed by atoms with Crippen molar-refractivity contribution in [3.05, 3.63) is 42.5 Å². The van der Waals surface area contributed by atoms with Crippen molar-refractivity contribution < 1.29 is 8.42 Å². The second kappa shape index (κ2) is 5.17. The summed E-state index contributed by atoms with van der Waals surface area (Å²) >= 11 is 0. The minimum Gasteiger partial charge on any atom is -0.200 e. The highest BCUT2D eigenvalue weighted by Crippen LogP contribution is 2.40. The first-order valence-corrected chi connectivity index (χ1v) is 7.67. The molecule has 0 radical (unpaired) electrons. The fraction of sp³-hybridized carbons (Fsp3) is 0.357. The number of allylic oxidation sites excluding steroid dienone is 1. The van der Waals surface area contributed by atoms with Gasteiger partial charge in [0.1, 0.15) is 0 Å². The highest BCUT2D eigenvalue weighted by molar-refractivity contribution is 7.89. The lowest BCUT2D eigenvalue weighted by Crippen LogP contribution is -2.20. The summed E-state index contributed by atoms with van der Waals surface area (Å²) < 4.78 is 24.0. The van der Waals surface area contributed by atoms with E-state index in [1.54, 1.807) is 24.3 Å². The molecule has 19 heavy (non-hydrogen) atoms. The molecule has 2 rings (SSSR count). The van der Waals surface area contributed by atoms with Gasteiger partial charge in [-0.25, -0.2) is 4.83 Å². The molecule has 0 unspecified atom stereocenters. The molecule has 0 heterocycles. The van der Waals surface area contributed by atoms with Gasteiger partial charge >= 0.3 is 0 Å². The third-order valence-corrected chi connectivity index (χ3v) is 4.58. The molecule has 102 valence electrons. The molecular formula is C14H18N2O2S. The standard InChI is InChI=1S/C14H18N2O2S/c1-4-12-9-14(12)11(3)15-16-19(17,18)13-7-5-10(2)6-8-13/h4-8,12,14,16H,1,9H2,2-3H3/b15-11+/t12-,14+/m1/s1. The van der Waals surface area contributed by atoms with E-state index < -0.39 is 10.0 Å². The molecule has 1 aliphatic rings. The monoisotopic (exact) mass is 278 g/mol. The average Bonchev–Trinajstić information content (AvgIpc) is 3.16. The van der Waals surface area contributed by atoms with E-state index in [0.717, 1.165) is 17.7 Å². The van der Waals surface area contributed by atoms with Gasteiger partial charge in [0.2, 0.25) is 0 Å². The van der Waals surface area contributed by atoms with Crippen LogP contribution in [0.4, 0.5) is 0 Å². The largest absolute Gasteiger partial charge is 0.276 e. The summed E-state index contributed by atoms with van der Waals surface area (Å²) in [7, 11) is -3.57. The number of rotatable bonds is 5. The van der Waals surface area contributed by atoms with Crippen LogP contribution < -0.4 is 4.83 Å². The molecule has 4 nitrogen and oxygen atoms in total. The molecule has 0 bridgehead atoms. The Bertz CT molecular complexity index is 603. The molecular weight excluding hydrogens is 260 g/mol. The van der Waals surface area contributed by atoms with E-state index in [4.69, 9.17) is 0 Å². The smallest absolute Gasteiger partial charge is 0.200 e. The summed E-state index contributed by atoms with van der Waals surface area (Å²) in [6.07, 6.45) is 2.89. The van der Waals surface area contributed by atoms with Crippen molar-refractivity contribution in [2.75, 3.05) is 0 Å². The molecule has 1 aromatic rings. The number of aryl methyl sites for hydroxylation is 1. The van der Waals surface area contributed by atoms with Crippen LogP contribution in [0.3, 0.4) is 0 Å². The topological polar surface area (TPSA) is 58.5 Å². The average molecular weight is 278 g/mol. The van der Waals surface area contributed by atoms with Gasteiger partial charge in [0.15, 0.2) is 0 Å². The van der Waals surface area contributed by atoms with Crippen molar-refractivity contribution >= 4 is 15.7 Å². The highest BCUT2D eigenvalue weighted by atomic mass is 32.2. The molecule has 1 aliphatic carbocycles. The Morgan fingerprint density at radius 3 is 2.58 bits per heavy atom. The molecule has 0 saturated heterocycles. The molecule has 1 aromatic carbocycles. The van der Waals surface area contributed by atoms with Gasteiger partial charge in [0, 0.05) is 11.6 Å². The number of nitrogens with zero attached hydrogens (tertiary/aromatic N) is 1. The molecule has 1 fully saturated rings. The quantitative estimate of drug-likeness (QED) is 0.511. The zero-order valence-electron chi connectivity index (χ0n) is 11.1. The van der Waals surface area contributed by atoms with Crippen molar-refractivity contribution in [2.45, 2.75) is 25.2 Å². The summed E-state index contributed by atoms with van der Waals surface area (Å²) in [6.45, 7) is 7.48. The van der Waals surface area contributed by atoms with Crippen molar-refractivity contribution in [3.8, 4) is 0 Å². The maximum atomic E-state index is 12.0. The number of sulfonamides is 1. The van der Waals surface area contributed by atoms with Crippen molar-refractivity contribution in [1.29, 1.82) is 0 Å². The van der Waals surface area contributed by atoms with Crippen LogP contribution >= 0.6 is 0 Å². The minimum absolute atomic E-state index is 0.228. The van der Waals surface area contributed by atoms with E-state index in [0.29, 0.717) is 11.8 Å². The summed E-state index contributed by atoms with van der Waals surface area (Å²) in [5.41, 5.74) is 1.83. The summed E-state index contributed by atoms with van der Waals surface area (Å²) in [6, 6.07) is 6.68. The Labute approximate surface area is 114 Å². The van der Waals surface area contributed by atoms with Gasteiger partial charge in [0.25, 0.3) is 10.0 Å². The Hall–Kier alpha value is -1.62. The molecule has 0 spiro atoms. The van der Waals surface area contributed by atoms with E-state index in [9.17, 15) is 8.42 Å². The summed E-state index contributed by atoms with van der Waals surface area (Å²) in [5.74, 6) is 0.769. The van der Waals surface area contributed by atoms with Crippen LogP contribution in [0, 0.1) is 18.8 Å². The van der Waals surface area contributed by atoms with Crippen LogP contribution in [-0.4, -0.2) is 14.1 Å². The zero-order chi connectivity index (χ0) is 14.0. The Balaban J connectivity index is 2.08. The lowest BCUT2D eigenvalue weighted by molar-refractivity contribution is 0.584. The summed E-state index contributed by atoms with van der Waals surface area (Å²) in [5, 5.41) is 3.99. The first kappa shape index (κ1) is 13.8. The van der Waals surface area contributed by atoms with Gasteiger partial charge in [-0.05, 0) is 38.3 Å². The van der Waals surface area contributed by atoms with Crippen LogP contribution in [0.5, 0.6) is 0 Å². The van der Waals surface area contributed by atoms with E-state index >= 15 is 0 Å². The fourth-order valence-electron chi connectivity index (χ4n) is 1.94. The zero-order valence-corrected chi connectivity index (χ0v) is 11.9. The maximum Gasteiger partial charge on any atom is 0.276 e. The molecule has 1 N–H and O–H groups in total. The van der Waals surface area contributed by atoms with Crippen LogP contribution in [-0.2, 0) is 10.0 Å². The fourth-order valence-corrected chi connectivity index (χ4v) is 2.80. The number of hydrogen-bond acceptors (Lipinski definition) is 3. The molecule has 0 aromatic heterocycles. The van der Waals surface area contributed by atoms with Gasteiger partial charge in [-0.1, -0.05) is 23.8 Å². The Morgan fingerprint density at radius 1 is 1.42 bits per heavy atom. The third kappa shape index (κ3) is 3.23. The van der Waals surface area contributed by atoms with Crippen molar-refractivity contribution in [3.63, 3.8) is 0 Å². The molecule has 1 saturated carbocycles. The van der Waals surface area contributed by atoms with Gasteiger partial charge in [-0.15, -0.1) is 6.58 Å². The van der Waals surface area contributed by atoms with E-state index in [-0.39, 0.29) is 4.90 Å². The van der Waals surface area contributed by atoms with Crippen LogP contribution in [0.2, 0.25) is 0 Å². The third-order valence-electron chi connectivity index (χ3n) is 3.35. The Morgan fingerprint density at radius 2 is 2.05 bits per heavy atom. The van der Waals surface area contributed by atoms with Gasteiger partial charge in [-0.3, -0.25) is 0 Å². The first-order valence-electron chi connectivity index (χ1n) is 6.19. The van der Waals surface area contributed by atoms with E-state index in [2.05, 4.69) is 16.5 Å². The second-order valence-corrected chi connectivity index (χ2v) is 6.56. The van der Waals surface area contributed by atoms with Crippen LogP contribution in [0.1, 0.15) is 18.9 Å². The van der Waals surface area contributed by atoms with Gasteiger partial charge < -0.3 is 0 Å². The second-order valence-electron chi connectivity index (χ2n) is 4.90. The predicted octanol–water partition coefficient (Wildman–Crippen LogP) is 2.47. The first-order chi connectivity index (χ1) is 8.94. The number of hydrogen-bond donors (Lipinski definition) is 1.